The highest BCUT2D eigenvalue weighted by molar-refractivity contribution is 8.24. The smallest absolute Gasteiger partial charge is 0.326 e. The number of para-hydroxylation sites is 1. The van der Waals surface area contributed by atoms with E-state index in [1.807, 2.05) is 72.8 Å². The highest BCUT2D eigenvalue weighted by Crippen LogP contribution is 2.54. The predicted molar refractivity (Wildman–Crippen MR) is 141 cm³/mol. The van der Waals surface area contributed by atoms with Gasteiger partial charge in [-0.3, -0.25) is 13.9 Å². The molecule has 1 fully saturated rings. The molecule has 5 rings (SSSR count). The second-order valence-corrected chi connectivity index (χ2v) is 11.6. The normalized spacial score (nSPS) is 22.1. The summed E-state index contributed by atoms with van der Waals surface area (Å²) in [6.07, 6.45) is 0.834. The van der Waals surface area contributed by atoms with Crippen LogP contribution in [0, 0.1) is 0 Å². The first-order valence-corrected chi connectivity index (χ1v) is 13.8. The van der Waals surface area contributed by atoms with Crippen molar-refractivity contribution in [3.63, 3.8) is 0 Å². The Bertz CT molecular complexity index is 1200. The zero-order chi connectivity index (χ0) is 25.3. The zero-order valence-corrected chi connectivity index (χ0v) is 20.6. The second-order valence-electron chi connectivity index (χ2n) is 9.37. The minimum Gasteiger partial charge on any atom is -0.480 e. The monoisotopic (exact) mass is 506 g/mol. The van der Waals surface area contributed by atoms with Gasteiger partial charge in [0, 0.05) is 31.3 Å². The summed E-state index contributed by atoms with van der Waals surface area (Å²) >= 11 is 0. The number of fused-ring (bicyclic) bond motifs is 1. The number of hydrogen-bond donors (Lipinski definition) is 3. The molecule has 0 aromatic heterocycles. The van der Waals surface area contributed by atoms with Crippen molar-refractivity contribution < 1.29 is 23.8 Å². The van der Waals surface area contributed by atoms with Gasteiger partial charge in [-0.25, -0.2) is 4.79 Å². The van der Waals surface area contributed by atoms with Crippen molar-refractivity contribution in [3.05, 3.63) is 96.1 Å². The van der Waals surface area contributed by atoms with Crippen molar-refractivity contribution in [3.8, 4) is 0 Å². The lowest BCUT2D eigenvalue weighted by Gasteiger charge is -2.35. The Morgan fingerprint density at radius 2 is 1.44 bits per heavy atom. The predicted octanol–water partition coefficient (Wildman–Crippen LogP) is 4.89. The maximum absolute atomic E-state index is 14.1. The molecule has 0 spiro atoms. The van der Waals surface area contributed by atoms with Crippen molar-refractivity contribution in [1.82, 2.24) is 4.90 Å². The van der Waals surface area contributed by atoms with Gasteiger partial charge in [0.25, 0.3) is 0 Å². The number of likely N-dealkylation sites (tertiary alicyclic amines) is 1. The van der Waals surface area contributed by atoms with Crippen molar-refractivity contribution in [1.29, 1.82) is 0 Å². The van der Waals surface area contributed by atoms with E-state index in [2.05, 4.69) is 4.90 Å². The van der Waals surface area contributed by atoms with Crippen LogP contribution in [0.1, 0.15) is 29.9 Å². The molecule has 1 amide bonds. The molecule has 3 aromatic carbocycles. The van der Waals surface area contributed by atoms with E-state index in [9.17, 15) is 23.8 Å². The Hall–Kier alpha value is -3.33. The first-order chi connectivity index (χ1) is 17.4. The molecule has 3 aromatic rings. The second kappa shape index (κ2) is 9.97. The third-order valence-electron chi connectivity index (χ3n) is 7.16. The Morgan fingerprint density at radius 3 is 2.06 bits per heavy atom. The standard InChI is InChI=1S/C28H30N2O5S/c31-27(26(20-10-3-1-4-11-20)21-12-5-2-6-13-21)30-19-22(18-24(30)28(32)33)29-16-9-17-36(34,35)25-15-8-7-14-23(25)29/h1-8,10-15,22,24,26,34-35H,9,16-19H2,(H,32,33)/t22-,24-/m0/s1. The minimum absolute atomic E-state index is 0.241. The molecule has 2 aliphatic rings. The van der Waals surface area contributed by atoms with Crippen LogP contribution in [0.3, 0.4) is 0 Å². The van der Waals surface area contributed by atoms with Crippen LogP contribution < -0.4 is 4.90 Å². The highest BCUT2D eigenvalue weighted by Gasteiger charge is 2.45. The van der Waals surface area contributed by atoms with Gasteiger partial charge in [0.2, 0.25) is 5.91 Å². The molecule has 188 valence electrons. The Kier molecular flexibility index (Phi) is 6.75. The van der Waals surface area contributed by atoms with E-state index < -0.39 is 28.5 Å². The van der Waals surface area contributed by atoms with Gasteiger partial charge < -0.3 is 14.9 Å². The summed E-state index contributed by atoms with van der Waals surface area (Å²) < 4.78 is 21.5. The SMILES string of the molecule is O=C(O)[C@@H]1C[C@H](N2CCCS(O)(O)c3ccccc32)CN1C(=O)C(c1ccccc1)c1ccccc1. The Morgan fingerprint density at radius 1 is 0.861 bits per heavy atom. The first kappa shape index (κ1) is 24.4. The van der Waals surface area contributed by atoms with Gasteiger partial charge in [-0.05, 0) is 29.7 Å². The average molecular weight is 507 g/mol. The molecule has 8 heteroatoms. The van der Waals surface area contributed by atoms with Crippen LogP contribution in [-0.4, -0.2) is 61.9 Å². The molecule has 0 saturated carbocycles. The third kappa shape index (κ3) is 4.59. The number of carboxylic acids is 1. The average Bonchev–Trinajstić information content (AvgIpc) is 3.28. The Balaban J connectivity index is 1.50. The van der Waals surface area contributed by atoms with Crippen molar-refractivity contribution in [2.24, 2.45) is 0 Å². The fourth-order valence-electron chi connectivity index (χ4n) is 5.47. The lowest BCUT2D eigenvalue weighted by Crippen LogP contribution is -2.44. The minimum atomic E-state index is -2.92. The number of carboxylic acid groups (broad SMARTS) is 1. The summed E-state index contributed by atoms with van der Waals surface area (Å²) in [4.78, 5) is 30.5. The quantitative estimate of drug-likeness (QED) is 0.455. The Labute approximate surface area is 212 Å². The summed E-state index contributed by atoms with van der Waals surface area (Å²) in [5.41, 5.74) is 2.34. The maximum atomic E-state index is 14.1. The van der Waals surface area contributed by atoms with E-state index in [-0.39, 0.29) is 30.7 Å². The molecule has 0 aliphatic carbocycles. The van der Waals surface area contributed by atoms with E-state index in [1.165, 1.54) is 4.90 Å². The van der Waals surface area contributed by atoms with E-state index >= 15 is 0 Å². The number of nitrogens with zero attached hydrogens (tertiary/aromatic N) is 2. The molecular weight excluding hydrogens is 476 g/mol. The number of hydrogen-bond acceptors (Lipinski definition) is 5. The molecule has 7 nitrogen and oxygen atoms in total. The van der Waals surface area contributed by atoms with Gasteiger partial charge >= 0.3 is 5.97 Å². The van der Waals surface area contributed by atoms with Gasteiger partial charge in [-0.15, -0.1) is 0 Å². The summed E-state index contributed by atoms with van der Waals surface area (Å²) in [5.74, 6) is -1.62. The molecule has 0 bridgehead atoms. The lowest BCUT2D eigenvalue weighted by atomic mass is 9.90. The number of aliphatic carboxylic acids is 1. The zero-order valence-electron chi connectivity index (χ0n) is 19.8. The van der Waals surface area contributed by atoms with Crippen molar-refractivity contribution >= 4 is 28.2 Å². The molecule has 2 atom stereocenters. The topological polar surface area (TPSA) is 101 Å². The molecule has 3 N–H and O–H groups in total. The van der Waals surface area contributed by atoms with E-state index in [0.717, 1.165) is 11.1 Å². The van der Waals surface area contributed by atoms with Gasteiger partial charge in [-0.2, -0.15) is 10.6 Å². The summed E-state index contributed by atoms with van der Waals surface area (Å²) in [6.45, 7) is 0.812. The molecule has 0 unspecified atom stereocenters. The van der Waals surface area contributed by atoms with Gasteiger partial charge in [-0.1, -0.05) is 72.8 Å². The van der Waals surface area contributed by atoms with Crippen molar-refractivity contribution in [2.45, 2.75) is 35.7 Å². The van der Waals surface area contributed by atoms with Crippen molar-refractivity contribution in [2.75, 3.05) is 23.7 Å². The number of anilines is 1. The lowest BCUT2D eigenvalue weighted by molar-refractivity contribution is -0.148. The summed E-state index contributed by atoms with van der Waals surface area (Å²) in [5, 5.41) is 10.1. The molecule has 1 saturated heterocycles. The van der Waals surface area contributed by atoms with Crippen LogP contribution in [0.15, 0.2) is 89.8 Å². The highest BCUT2D eigenvalue weighted by atomic mass is 32.3. The van der Waals surface area contributed by atoms with Crippen LogP contribution in [0.5, 0.6) is 0 Å². The molecule has 2 aliphatic heterocycles. The van der Waals surface area contributed by atoms with Crippen LogP contribution in [0.2, 0.25) is 0 Å². The molecule has 0 radical (unpaired) electrons. The fourth-order valence-corrected chi connectivity index (χ4v) is 7.04. The first-order valence-electron chi connectivity index (χ1n) is 12.1. The molecule has 36 heavy (non-hydrogen) atoms. The molecule has 2 heterocycles. The van der Waals surface area contributed by atoms with E-state index in [4.69, 9.17) is 0 Å². The number of carbonyl (C=O) groups excluding carboxylic acids is 1. The van der Waals surface area contributed by atoms with Crippen LogP contribution in [-0.2, 0) is 9.59 Å². The van der Waals surface area contributed by atoms with E-state index in [1.54, 1.807) is 12.1 Å². The molecular formula is C28H30N2O5S. The van der Waals surface area contributed by atoms with Gasteiger partial charge in [0.05, 0.1) is 16.5 Å². The number of carbonyl (C=O) groups is 2. The third-order valence-corrected chi connectivity index (χ3v) is 9.06. The van der Waals surface area contributed by atoms with Crippen LogP contribution >= 0.6 is 10.6 Å². The summed E-state index contributed by atoms with van der Waals surface area (Å²) in [7, 11) is -2.92. The number of amides is 1. The van der Waals surface area contributed by atoms with E-state index in [0.29, 0.717) is 23.5 Å². The van der Waals surface area contributed by atoms with Crippen LogP contribution in [0.25, 0.3) is 0 Å². The maximum Gasteiger partial charge on any atom is 0.326 e. The van der Waals surface area contributed by atoms with Crippen LogP contribution in [0.4, 0.5) is 5.69 Å². The summed E-state index contributed by atoms with van der Waals surface area (Å²) in [6, 6.07) is 24.9. The largest absolute Gasteiger partial charge is 0.480 e. The van der Waals surface area contributed by atoms with Gasteiger partial charge in [0.1, 0.15) is 6.04 Å². The number of benzene rings is 3. The van der Waals surface area contributed by atoms with Gasteiger partial charge in [0.15, 0.2) is 0 Å². The number of rotatable bonds is 5. The fraction of sp³-hybridized carbons (Fsp3) is 0.286.